The first-order chi connectivity index (χ1) is 11.9. The summed E-state index contributed by atoms with van der Waals surface area (Å²) in [6, 6.07) is 12.2. The number of hydrogen-bond donors (Lipinski definition) is 1. The fraction of sp³-hybridized carbons (Fsp3) is 0.222. The Morgan fingerprint density at radius 3 is 2.32 bits per heavy atom. The molecule has 0 radical (unpaired) electrons. The summed E-state index contributed by atoms with van der Waals surface area (Å²) in [5.41, 5.74) is 2.18. The van der Waals surface area contributed by atoms with Gasteiger partial charge in [-0.1, -0.05) is 30.3 Å². The molecule has 2 heterocycles. The Morgan fingerprint density at radius 2 is 1.80 bits per heavy atom. The van der Waals surface area contributed by atoms with Gasteiger partial charge in [-0.25, -0.2) is 15.0 Å². The van der Waals surface area contributed by atoms with Gasteiger partial charge in [0.15, 0.2) is 0 Å². The lowest BCUT2D eigenvalue weighted by atomic mass is 10.0. The molecule has 1 aliphatic rings. The number of aliphatic hydroxyl groups is 1. The Labute approximate surface area is 145 Å². The van der Waals surface area contributed by atoms with Crippen LogP contribution in [0.25, 0.3) is 0 Å². The van der Waals surface area contributed by atoms with E-state index in [1.165, 1.54) is 16.9 Å². The number of aliphatic hydroxyl groups excluding tert-OH is 1. The number of anilines is 1. The summed E-state index contributed by atoms with van der Waals surface area (Å²) in [5.74, 6) is -0.527. The Kier molecular flexibility index (Phi) is 4.11. The number of aryl methyl sites for hydroxylation is 2. The molecule has 1 amide bonds. The number of amides is 1. The van der Waals surface area contributed by atoms with Crippen LogP contribution < -0.4 is 5.01 Å². The Bertz CT molecular complexity index is 881. The highest BCUT2D eigenvalue weighted by Crippen LogP contribution is 2.40. The number of aromatic nitrogens is 2. The molecule has 0 saturated carbocycles. The van der Waals surface area contributed by atoms with E-state index in [4.69, 9.17) is 0 Å². The van der Waals surface area contributed by atoms with E-state index in [1.54, 1.807) is 32.0 Å². The van der Waals surface area contributed by atoms with Crippen molar-refractivity contribution in [3.8, 4) is 6.07 Å². The molecule has 1 aliphatic heterocycles. The van der Waals surface area contributed by atoms with E-state index in [9.17, 15) is 15.2 Å². The minimum atomic E-state index is -0.729. The summed E-state index contributed by atoms with van der Waals surface area (Å²) >= 11 is 0. The maximum absolute atomic E-state index is 12.4. The fourth-order valence-corrected chi connectivity index (χ4v) is 2.95. The van der Waals surface area contributed by atoms with Gasteiger partial charge in [0.05, 0.1) is 0 Å². The summed E-state index contributed by atoms with van der Waals surface area (Å²) in [5, 5.41) is 22.7. The van der Waals surface area contributed by atoms with E-state index in [1.807, 2.05) is 24.3 Å². The molecule has 126 valence electrons. The van der Waals surface area contributed by atoms with Crippen molar-refractivity contribution in [3.05, 3.63) is 64.8 Å². The van der Waals surface area contributed by atoms with Crippen molar-refractivity contribution < 1.29 is 9.90 Å². The van der Waals surface area contributed by atoms with Crippen LogP contribution in [-0.2, 0) is 4.79 Å². The molecule has 0 aliphatic carbocycles. The minimum absolute atomic E-state index is 0.0733. The first kappa shape index (κ1) is 16.5. The number of rotatable bonds is 2. The Morgan fingerprint density at radius 1 is 1.20 bits per heavy atom. The molecule has 25 heavy (non-hydrogen) atoms. The zero-order chi connectivity index (χ0) is 18.1. The average molecular weight is 335 g/mol. The largest absolute Gasteiger partial charge is 0.492 e. The SMILES string of the molecule is CC(=O)N1[C@H](c2ccccc2)C(C#N)=C(O)N1c1nc(C)cc(C)n1. The average Bonchev–Trinajstić information content (AvgIpc) is 2.87. The van der Waals surface area contributed by atoms with Crippen LogP contribution in [0.2, 0.25) is 0 Å². The standard InChI is InChI=1S/C18H17N5O2/c1-11-9-12(2)21-18(20-11)23-17(25)15(10-19)16(22(23)13(3)24)14-7-5-4-6-8-14/h4-9,16,25H,1-3H3/t16-/m1/s1. The number of carbonyl (C=O) groups is 1. The molecule has 0 unspecified atom stereocenters. The lowest BCUT2D eigenvalue weighted by Gasteiger charge is -2.31. The molecule has 2 aromatic rings. The summed E-state index contributed by atoms with van der Waals surface area (Å²) in [7, 11) is 0. The van der Waals surface area contributed by atoms with Crippen LogP contribution in [-0.4, -0.2) is 26.0 Å². The Balaban J connectivity index is 2.20. The highest BCUT2D eigenvalue weighted by atomic mass is 16.3. The van der Waals surface area contributed by atoms with Crippen LogP contribution in [0.15, 0.2) is 47.9 Å². The molecule has 0 spiro atoms. The molecule has 0 fully saturated rings. The van der Waals surface area contributed by atoms with Gasteiger partial charge in [-0.2, -0.15) is 10.3 Å². The van der Waals surface area contributed by atoms with Gasteiger partial charge in [0.2, 0.25) is 11.8 Å². The normalized spacial score (nSPS) is 17.0. The van der Waals surface area contributed by atoms with Crippen LogP contribution in [0.3, 0.4) is 0 Å². The maximum atomic E-state index is 12.4. The molecule has 1 aromatic carbocycles. The van der Waals surface area contributed by atoms with Gasteiger partial charge >= 0.3 is 0 Å². The first-order valence-corrected chi connectivity index (χ1v) is 7.74. The van der Waals surface area contributed by atoms with E-state index < -0.39 is 6.04 Å². The number of hydrogen-bond acceptors (Lipinski definition) is 6. The zero-order valence-electron chi connectivity index (χ0n) is 14.1. The topological polar surface area (TPSA) is 93.3 Å². The molecule has 7 heteroatoms. The van der Waals surface area contributed by atoms with E-state index in [-0.39, 0.29) is 23.3 Å². The van der Waals surface area contributed by atoms with Gasteiger partial charge in [-0.05, 0) is 25.5 Å². The van der Waals surface area contributed by atoms with Crippen molar-refractivity contribution in [2.75, 3.05) is 5.01 Å². The molecule has 1 aromatic heterocycles. The van der Waals surface area contributed by atoms with Crippen LogP contribution in [0.5, 0.6) is 0 Å². The van der Waals surface area contributed by atoms with Crippen molar-refractivity contribution in [2.24, 2.45) is 0 Å². The smallest absolute Gasteiger partial charge is 0.252 e. The summed E-state index contributed by atoms with van der Waals surface area (Å²) in [6.07, 6.45) is 0. The van der Waals surface area contributed by atoms with Crippen LogP contribution in [0, 0.1) is 25.2 Å². The molecule has 1 N–H and O–H groups in total. The first-order valence-electron chi connectivity index (χ1n) is 7.74. The van der Waals surface area contributed by atoms with Gasteiger partial charge < -0.3 is 5.11 Å². The van der Waals surface area contributed by atoms with E-state index in [0.717, 1.165) is 0 Å². The van der Waals surface area contributed by atoms with Gasteiger partial charge in [0, 0.05) is 18.3 Å². The van der Waals surface area contributed by atoms with E-state index in [2.05, 4.69) is 9.97 Å². The van der Waals surface area contributed by atoms with Crippen LogP contribution in [0.1, 0.15) is 29.9 Å². The molecule has 1 atom stereocenters. The number of benzene rings is 1. The molecule has 0 saturated heterocycles. The molecule has 7 nitrogen and oxygen atoms in total. The van der Waals surface area contributed by atoms with Gasteiger partial charge in [0.25, 0.3) is 5.95 Å². The van der Waals surface area contributed by atoms with Gasteiger partial charge in [0.1, 0.15) is 17.7 Å². The second kappa shape index (κ2) is 6.24. The third-order valence-corrected chi connectivity index (χ3v) is 3.89. The van der Waals surface area contributed by atoms with Crippen LogP contribution in [0.4, 0.5) is 5.95 Å². The van der Waals surface area contributed by atoms with Crippen molar-refractivity contribution >= 4 is 11.9 Å². The summed E-state index contributed by atoms with van der Waals surface area (Å²) in [4.78, 5) is 21.0. The number of carbonyl (C=O) groups excluding carboxylic acids is 1. The predicted octanol–water partition coefficient (Wildman–Crippen LogP) is 2.71. The zero-order valence-corrected chi connectivity index (χ0v) is 14.1. The molecular formula is C18H17N5O2. The van der Waals surface area contributed by atoms with E-state index in [0.29, 0.717) is 17.0 Å². The number of hydrazine groups is 1. The number of nitrogens with zero attached hydrogens (tertiary/aromatic N) is 5. The van der Waals surface area contributed by atoms with Crippen LogP contribution >= 0.6 is 0 Å². The number of nitriles is 1. The van der Waals surface area contributed by atoms with Crippen molar-refractivity contribution in [1.29, 1.82) is 5.26 Å². The molecule has 0 bridgehead atoms. The summed E-state index contributed by atoms with van der Waals surface area (Å²) in [6.45, 7) is 4.97. The second-order valence-corrected chi connectivity index (χ2v) is 5.79. The monoisotopic (exact) mass is 335 g/mol. The fourth-order valence-electron chi connectivity index (χ4n) is 2.95. The Hall–Kier alpha value is -3.40. The lowest BCUT2D eigenvalue weighted by Crippen LogP contribution is -2.43. The van der Waals surface area contributed by atoms with Crippen molar-refractivity contribution in [2.45, 2.75) is 26.8 Å². The predicted molar refractivity (Wildman–Crippen MR) is 91.0 cm³/mol. The molecular weight excluding hydrogens is 318 g/mol. The van der Waals surface area contributed by atoms with Crippen molar-refractivity contribution in [1.82, 2.24) is 15.0 Å². The second-order valence-electron chi connectivity index (χ2n) is 5.79. The van der Waals surface area contributed by atoms with Gasteiger partial charge in [-0.15, -0.1) is 0 Å². The highest BCUT2D eigenvalue weighted by Gasteiger charge is 2.44. The molecule has 3 rings (SSSR count). The van der Waals surface area contributed by atoms with E-state index >= 15 is 0 Å². The highest BCUT2D eigenvalue weighted by molar-refractivity contribution is 5.79. The minimum Gasteiger partial charge on any atom is -0.492 e. The maximum Gasteiger partial charge on any atom is 0.252 e. The van der Waals surface area contributed by atoms with Crippen molar-refractivity contribution in [3.63, 3.8) is 0 Å². The third-order valence-electron chi connectivity index (χ3n) is 3.89. The summed E-state index contributed by atoms with van der Waals surface area (Å²) < 4.78 is 0. The lowest BCUT2D eigenvalue weighted by molar-refractivity contribution is -0.130. The van der Waals surface area contributed by atoms with Gasteiger partial charge in [-0.3, -0.25) is 4.79 Å². The third kappa shape index (κ3) is 2.78. The quantitative estimate of drug-likeness (QED) is 0.907.